The topological polar surface area (TPSA) is 114 Å². The third kappa shape index (κ3) is 5.69. The molecule has 1 heterocycles. The van der Waals surface area contributed by atoms with Crippen LogP contribution in [-0.2, 0) is 9.53 Å². The molecule has 0 spiro atoms. The molecule has 1 amide bonds. The molecule has 1 aliphatic heterocycles. The fraction of sp³-hybridized carbons (Fsp3) is 0.304. The molecule has 32 heavy (non-hydrogen) atoms. The number of ether oxygens (including phenoxy) is 3. The molecule has 0 radical (unpaired) electrons. The molecule has 1 atom stereocenters. The summed E-state index contributed by atoms with van der Waals surface area (Å²) < 4.78 is 30.3. The Bertz CT molecular complexity index is 1040. The monoisotopic (exact) mass is 445 g/mol. The lowest BCUT2D eigenvalue weighted by Gasteiger charge is -2.34. The SMILES string of the molecule is CC(C)(CC/C=C/C(=O)O)[C@H](OC(=O)Nc1ccc2c(c1)OCO2)c1ccc(O)c(F)c1. The highest BCUT2D eigenvalue weighted by Crippen LogP contribution is 2.42. The summed E-state index contributed by atoms with van der Waals surface area (Å²) in [5.41, 5.74) is 0.0869. The van der Waals surface area contributed by atoms with Crippen molar-refractivity contribution in [2.75, 3.05) is 12.1 Å². The molecule has 3 rings (SSSR count). The third-order valence-electron chi connectivity index (χ3n) is 5.04. The van der Waals surface area contributed by atoms with Gasteiger partial charge in [-0.3, -0.25) is 5.32 Å². The Balaban J connectivity index is 1.78. The van der Waals surface area contributed by atoms with Crippen LogP contribution in [0.1, 0.15) is 38.4 Å². The lowest BCUT2D eigenvalue weighted by Crippen LogP contribution is -2.29. The number of aromatic hydroxyl groups is 1. The Kier molecular flexibility index (Phi) is 6.87. The number of aliphatic carboxylic acids is 1. The highest BCUT2D eigenvalue weighted by Gasteiger charge is 2.34. The minimum atomic E-state index is -1.06. The second-order valence-electron chi connectivity index (χ2n) is 7.96. The van der Waals surface area contributed by atoms with E-state index in [-0.39, 0.29) is 6.79 Å². The highest BCUT2D eigenvalue weighted by molar-refractivity contribution is 5.85. The van der Waals surface area contributed by atoms with Crippen molar-refractivity contribution in [2.45, 2.75) is 32.8 Å². The maximum absolute atomic E-state index is 14.0. The number of carboxylic acid groups (broad SMARTS) is 1. The van der Waals surface area contributed by atoms with Crippen molar-refractivity contribution in [3.8, 4) is 17.2 Å². The normalized spacial score (nSPS) is 13.7. The van der Waals surface area contributed by atoms with E-state index in [1.54, 1.807) is 18.2 Å². The molecule has 3 N–H and O–H groups in total. The van der Waals surface area contributed by atoms with Gasteiger partial charge < -0.3 is 24.4 Å². The summed E-state index contributed by atoms with van der Waals surface area (Å²) in [5.74, 6) is -1.35. The molecule has 0 aromatic heterocycles. The van der Waals surface area contributed by atoms with Gasteiger partial charge in [0.05, 0.1) is 0 Å². The summed E-state index contributed by atoms with van der Waals surface area (Å²) in [6.45, 7) is 3.75. The van der Waals surface area contributed by atoms with Crippen LogP contribution in [0.2, 0.25) is 0 Å². The number of hydrogen-bond donors (Lipinski definition) is 3. The van der Waals surface area contributed by atoms with Crippen LogP contribution >= 0.6 is 0 Å². The quantitative estimate of drug-likeness (QED) is 0.490. The van der Waals surface area contributed by atoms with Gasteiger partial charge in [0.15, 0.2) is 23.1 Å². The second-order valence-corrected chi connectivity index (χ2v) is 7.96. The number of phenols is 1. The van der Waals surface area contributed by atoms with Crippen molar-refractivity contribution < 1.29 is 38.4 Å². The number of carbonyl (C=O) groups excluding carboxylic acids is 1. The van der Waals surface area contributed by atoms with Crippen molar-refractivity contribution in [1.29, 1.82) is 0 Å². The average molecular weight is 445 g/mol. The minimum Gasteiger partial charge on any atom is -0.505 e. The van der Waals surface area contributed by atoms with Gasteiger partial charge in [0.25, 0.3) is 0 Å². The number of benzene rings is 2. The van der Waals surface area contributed by atoms with Gasteiger partial charge in [-0.25, -0.2) is 14.0 Å². The first kappa shape index (κ1) is 22.9. The number of hydrogen-bond acceptors (Lipinski definition) is 6. The van der Waals surface area contributed by atoms with Crippen LogP contribution in [0.3, 0.4) is 0 Å². The standard InChI is InChI=1S/C23H24FNO7/c1-23(2,10-4-3-5-20(27)28)21(14-6-8-17(26)16(24)11-14)32-22(29)25-15-7-9-18-19(12-15)31-13-30-18/h3,5-9,11-12,21,26H,4,10,13H2,1-2H3,(H,25,29)(H,27,28)/b5-3+/t21-/m1/s1. The first-order chi connectivity index (χ1) is 15.2. The molecule has 8 nitrogen and oxygen atoms in total. The molecule has 0 saturated carbocycles. The third-order valence-corrected chi connectivity index (χ3v) is 5.04. The summed E-state index contributed by atoms with van der Waals surface area (Å²) in [5, 5.41) is 20.9. The Morgan fingerprint density at radius 3 is 2.69 bits per heavy atom. The molecule has 0 aliphatic carbocycles. The predicted molar refractivity (Wildman–Crippen MR) is 113 cm³/mol. The van der Waals surface area contributed by atoms with Gasteiger partial charge >= 0.3 is 12.1 Å². The van der Waals surface area contributed by atoms with Crippen LogP contribution in [0.25, 0.3) is 0 Å². The number of fused-ring (bicyclic) bond motifs is 1. The van der Waals surface area contributed by atoms with Gasteiger partial charge in [-0.05, 0) is 42.7 Å². The number of rotatable bonds is 8. The molecular weight excluding hydrogens is 421 g/mol. The number of carbonyl (C=O) groups is 2. The lowest BCUT2D eigenvalue weighted by molar-refractivity contribution is -0.131. The molecule has 2 aromatic rings. The van der Waals surface area contributed by atoms with Crippen LogP contribution < -0.4 is 14.8 Å². The van der Waals surface area contributed by atoms with E-state index in [0.717, 1.165) is 12.1 Å². The molecule has 0 unspecified atom stereocenters. The van der Waals surface area contributed by atoms with E-state index in [0.29, 0.717) is 35.6 Å². The molecule has 2 aromatic carbocycles. The van der Waals surface area contributed by atoms with Crippen molar-refractivity contribution >= 4 is 17.7 Å². The van der Waals surface area contributed by atoms with E-state index >= 15 is 0 Å². The molecule has 1 aliphatic rings. The van der Waals surface area contributed by atoms with Gasteiger partial charge in [0.2, 0.25) is 6.79 Å². The van der Waals surface area contributed by atoms with Crippen molar-refractivity contribution in [3.63, 3.8) is 0 Å². The number of nitrogens with one attached hydrogen (secondary N) is 1. The Morgan fingerprint density at radius 1 is 1.22 bits per heavy atom. The number of halogens is 1. The van der Waals surface area contributed by atoms with E-state index in [1.165, 1.54) is 18.2 Å². The van der Waals surface area contributed by atoms with Crippen molar-refractivity contribution in [2.24, 2.45) is 5.41 Å². The zero-order valence-electron chi connectivity index (χ0n) is 17.6. The van der Waals surface area contributed by atoms with E-state index in [9.17, 15) is 19.1 Å². The van der Waals surface area contributed by atoms with E-state index in [1.807, 2.05) is 13.8 Å². The number of amides is 1. The van der Waals surface area contributed by atoms with E-state index in [2.05, 4.69) is 5.32 Å². The van der Waals surface area contributed by atoms with Crippen LogP contribution in [0, 0.1) is 11.2 Å². The average Bonchev–Trinajstić information content (AvgIpc) is 3.19. The molecule has 0 fully saturated rings. The first-order valence-corrected chi connectivity index (χ1v) is 9.91. The zero-order valence-corrected chi connectivity index (χ0v) is 17.6. The van der Waals surface area contributed by atoms with E-state index in [4.69, 9.17) is 19.3 Å². The maximum Gasteiger partial charge on any atom is 0.412 e. The highest BCUT2D eigenvalue weighted by atomic mass is 19.1. The van der Waals surface area contributed by atoms with Gasteiger partial charge in [0.1, 0.15) is 6.10 Å². The van der Waals surface area contributed by atoms with Crippen LogP contribution in [0.4, 0.5) is 14.9 Å². The van der Waals surface area contributed by atoms with Crippen molar-refractivity contribution in [3.05, 3.63) is 59.9 Å². The molecule has 9 heteroatoms. The maximum atomic E-state index is 14.0. The predicted octanol–water partition coefficient (Wildman–Crippen LogP) is 5.00. The van der Waals surface area contributed by atoms with Crippen LogP contribution in [-0.4, -0.2) is 29.1 Å². The molecule has 0 saturated heterocycles. The van der Waals surface area contributed by atoms with Gasteiger partial charge in [-0.15, -0.1) is 0 Å². The number of allylic oxidation sites excluding steroid dienone is 1. The lowest BCUT2D eigenvalue weighted by atomic mass is 9.78. The van der Waals surface area contributed by atoms with Crippen LogP contribution in [0.15, 0.2) is 48.6 Å². The summed E-state index contributed by atoms with van der Waals surface area (Å²) in [7, 11) is 0. The summed E-state index contributed by atoms with van der Waals surface area (Å²) in [4.78, 5) is 23.4. The smallest absolute Gasteiger partial charge is 0.412 e. The van der Waals surface area contributed by atoms with Crippen LogP contribution in [0.5, 0.6) is 17.2 Å². The fourth-order valence-electron chi connectivity index (χ4n) is 3.36. The van der Waals surface area contributed by atoms with E-state index < -0.39 is 35.1 Å². The molecular formula is C23H24FNO7. The van der Waals surface area contributed by atoms with Gasteiger partial charge in [-0.1, -0.05) is 26.0 Å². The Labute approximate surface area is 184 Å². The number of phenolic OH excluding ortho intramolecular Hbond substituents is 1. The second kappa shape index (κ2) is 9.59. The fourth-order valence-corrected chi connectivity index (χ4v) is 3.36. The summed E-state index contributed by atoms with van der Waals surface area (Å²) >= 11 is 0. The minimum absolute atomic E-state index is 0.0994. The summed E-state index contributed by atoms with van der Waals surface area (Å²) in [6, 6.07) is 8.67. The Hall–Kier alpha value is -3.75. The summed E-state index contributed by atoms with van der Waals surface area (Å²) in [6.07, 6.45) is 1.75. The molecule has 170 valence electrons. The number of anilines is 1. The number of carboxylic acids is 1. The first-order valence-electron chi connectivity index (χ1n) is 9.91. The van der Waals surface area contributed by atoms with Gasteiger partial charge in [0, 0.05) is 23.2 Å². The largest absolute Gasteiger partial charge is 0.505 e. The zero-order chi connectivity index (χ0) is 23.3. The van der Waals surface area contributed by atoms with Crippen molar-refractivity contribution in [1.82, 2.24) is 0 Å². The molecule has 0 bridgehead atoms. The van der Waals surface area contributed by atoms with Gasteiger partial charge in [-0.2, -0.15) is 0 Å². The Morgan fingerprint density at radius 2 is 1.97 bits per heavy atom.